The Kier molecular flexibility index (Phi) is 49.1. The van der Waals surface area contributed by atoms with Gasteiger partial charge < -0.3 is 34.3 Å². The van der Waals surface area contributed by atoms with E-state index >= 15 is 0 Å². The van der Waals surface area contributed by atoms with Crippen LogP contribution in [-0.4, -0.2) is 74.0 Å². The largest absolute Gasteiger partial charge is 0.507 e. The Bertz CT molecular complexity index is 1360. The summed E-state index contributed by atoms with van der Waals surface area (Å²) < 4.78 is 20.3. The zero-order valence-electron chi connectivity index (χ0n) is 39.4. The van der Waals surface area contributed by atoms with Crippen LogP contribution < -0.4 is 0 Å². The molecule has 2 atom stereocenters. The molecule has 0 bridgehead atoms. The number of methoxy groups -OCH3 is 2. The Labute approximate surface area is 365 Å². The molecular formula is C51H82O9. The molecule has 0 aliphatic carbocycles. The van der Waals surface area contributed by atoms with Crippen molar-refractivity contribution >= 4 is 11.6 Å². The highest BCUT2D eigenvalue weighted by atomic mass is 16.7. The standard InChI is InChI=1S/2C14H12O2.2C6H12O2.5C2H6.CH4O/c2*15-13-9-5-4-8-12(13)14(16)10-11-6-2-1-3-7-11;2*1-7-6-4-2-3-5-8-6;6*1-2/h2*1-9,15H,10H2;2*6H,2-5H2,1H3;5*1-2H3;2H,1H3. The number of carbonyl (C=O) groups is 2. The minimum absolute atomic E-state index is 0.0448. The van der Waals surface area contributed by atoms with Crippen LogP contribution in [0.15, 0.2) is 109 Å². The monoisotopic (exact) mass is 839 g/mol. The van der Waals surface area contributed by atoms with E-state index in [1.165, 1.54) is 37.8 Å². The lowest BCUT2D eigenvalue weighted by molar-refractivity contribution is -0.145. The van der Waals surface area contributed by atoms with Crippen LogP contribution in [0.4, 0.5) is 0 Å². The van der Waals surface area contributed by atoms with E-state index in [1.807, 2.05) is 130 Å². The third kappa shape index (κ3) is 30.6. The first-order valence-corrected chi connectivity index (χ1v) is 21.8. The van der Waals surface area contributed by atoms with Gasteiger partial charge in [-0.25, -0.2) is 0 Å². The van der Waals surface area contributed by atoms with Gasteiger partial charge in [-0.3, -0.25) is 9.59 Å². The maximum atomic E-state index is 11.9. The molecule has 4 aromatic carbocycles. The molecule has 2 aliphatic heterocycles. The van der Waals surface area contributed by atoms with Crippen LogP contribution in [-0.2, 0) is 31.8 Å². The minimum Gasteiger partial charge on any atom is -0.507 e. The number of para-hydroxylation sites is 2. The highest BCUT2D eigenvalue weighted by molar-refractivity contribution is 6.00. The Hall–Kier alpha value is -4.38. The fourth-order valence-corrected chi connectivity index (χ4v) is 4.97. The van der Waals surface area contributed by atoms with Crippen molar-refractivity contribution in [2.75, 3.05) is 34.5 Å². The summed E-state index contributed by atoms with van der Waals surface area (Å²) in [4.78, 5) is 23.7. The molecule has 2 heterocycles. The molecule has 0 saturated carbocycles. The summed E-state index contributed by atoms with van der Waals surface area (Å²) in [6.45, 7) is 21.7. The first-order valence-electron chi connectivity index (χ1n) is 21.8. The molecule has 0 spiro atoms. The first kappa shape index (κ1) is 62.3. The molecule has 0 radical (unpaired) electrons. The lowest BCUT2D eigenvalue weighted by Crippen LogP contribution is -2.20. The number of Topliss-reactive ketones (excluding diaryl/α,β-unsaturated/α-hetero) is 2. The molecule has 3 N–H and O–H groups in total. The summed E-state index contributed by atoms with van der Waals surface area (Å²) in [5, 5.41) is 26.1. The number of aliphatic hydroxyl groups is 1. The molecule has 2 aliphatic rings. The van der Waals surface area contributed by atoms with E-state index in [2.05, 4.69) is 0 Å². The van der Waals surface area contributed by atoms with Crippen molar-refractivity contribution in [3.8, 4) is 11.5 Å². The Morgan fingerprint density at radius 2 is 0.767 bits per heavy atom. The number of rotatable bonds is 8. The number of phenols is 2. The van der Waals surface area contributed by atoms with E-state index < -0.39 is 0 Å². The quantitative estimate of drug-likeness (QED) is 0.148. The van der Waals surface area contributed by atoms with Gasteiger partial charge in [-0.05, 0) is 73.9 Å². The second-order valence-electron chi connectivity index (χ2n) is 11.3. The van der Waals surface area contributed by atoms with Crippen LogP contribution in [0.3, 0.4) is 0 Å². The predicted octanol–water partition coefficient (Wildman–Crippen LogP) is 12.7. The van der Waals surface area contributed by atoms with E-state index in [1.54, 1.807) is 50.6 Å². The number of ketones is 2. The zero-order valence-corrected chi connectivity index (χ0v) is 39.4. The number of benzene rings is 4. The lowest BCUT2D eigenvalue weighted by atomic mass is 10.0. The molecule has 340 valence electrons. The zero-order chi connectivity index (χ0) is 46.4. The van der Waals surface area contributed by atoms with Crippen LogP contribution >= 0.6 is 0 Å². The van der Waals surface area contributed by atoms with Gasteiger partial charge in [0.2, 0.25) is 0 Å². The number of aromatic hydroxyl groups is 2. The topological polar surface area (TPSA) is 132 Å². The predicted molar refractivity (Wildman–Crippen MR) is 251 cm³/mol. The lowest BCUT2D eigenvalue weighted by Gasteiger charge is -2.20. The van der Waals surface area contributed by atoms with E-state index in [0.717, 1.165) is 44.3 Å². The van der Waals surface area contributed by atoms with Crippen molar-refractivity contribution in [3.05, 3.63) is 131 Å². The molecular weight excluding hydrogens is 757 g/mol. The molecule has 0 amide bonds. The summed E-state index contributed by atoms with van der Waals surface area (Å²) in [6.07, 6.45) is 7.83. The van der Waals surface area contributed by atoms with Crippen molar-refractivity contribution in [2.24, 2.45) is 0 Å². The van der Waals surface area contributed by atoms with Gasteiger partial charge in [0.05, 0.1) is 11.1 Å². The SMILES string of the molecule is CC.CC.CC.CC.CC.CO.COC1CCCCO1.COC1CCCCO1.O=C(Cc1ccccc1)c1ccccc1O.O=C(Cc1ccccc1)c1ccccc1O. The average molecular weight is 839 g/mol. The summed E-state index contributed by atoms with van der Waals surface area (Å²) in [5.41, 5.74) is 2.67. The molecule has 9 nitrogen and oxygen atoms in total. The van der Waals surface area contributed by atoms with Gasteiger partial charge in [0, 0.05) is 47.4 Å². The van der Waals surface area contributed by atoms with Crippen molar-refractivity contribution in [2.45, 2.75) is 133 Å². The molecule has 2 saturated heterocycles. The number of aliphatic hydroxyl groups excluding tert-OH is 1. The third-order valence-corrected chi connectivity index (χ3v) is 7.63. The van der Waals surface area contributed by atoms with Gasteiger partial charge >= 0.3 is 0 Å². The van der Waals surface area contributed by atoms with Crippen LogP contribution in [0.5, 0.6) is 11.5 Å². The fraction of sp³-hybridized carbons (Fsp3) is 0.490. The van der Waals surface area contributed by atoms with Gasteiger partial charge in [-0.1, -0.05) is 154 Å². The van der Waals surface area contributed by atoms with Crippen molar-refractivity contribution in [1.29, 1.82) is 0 Å². The first-order chi connectivity index (χ1) is 29.4. The van der Waals surface area contributed by atoms with Crippen molar-refractivity contribution < 1.29 is 43.9 Å². The van der Waals surface area contributed by atoms with E-state index in [0.29, 0.717) is 24.0 Å². The maximum absolute atomic E-state index is 11.9. The van der Waals surface area contributed by atoms with Gasteiger partial charge in [0.1, 0.15) is 11.5 Å². The smallest absolute Gasteiger partial charge is 0.170 e. The summed E-state index contributed by atoms with van der Waals surface area (Å²) in [6, 6.07) is 32.2. The summed E-state index contributed by atoms with van der Waals surface area (Å²) in [5.74, 6) is -0.0412. The summed E-state index contributed by atoms with van der Waals surface area (Å²) in [7, 11) is 4.38. The number of ether oxygens (including phenoxy) is 4. The highest BCUT2D eigenvalue weighted by Crippen LogP contribution is 2.19. The van der Waals surface area contributed by atoms with E-state index in [9.17, 15) is 19.8 Å². The van der Waals surface area contributed by atoms with Gasteiger partial charge in [0.15, 0.2) is 24.1 Å². The molecule has 2 fully saturated rings. The Morgan fingerprint density at radius 3 is 1.00 bits per heavy atom. The number of carbonyl (C=O) groups excluding carboxylic acids is 2. The molecule has 9 heteroatoms. The highest BCUT2D eigenvalue weighted by Gasteiger charge is 2.13. The Balaban J connectivity index is -0.000000331. The summed E-state index contributed by atoms with van der Waals surface area (Å²) >= 11 is 0. The second kappa shape index (κ2) is 47.3. The van der Waals surface area contributed by atoms with Crippen molar-refractivity contribution in [3.63, 3.8) is 0 Å². The van der Waals surface area contributed by atoms with Crippen LogP contribution in [0.25, 0.3) is 0 Å². The molecule has 60 heavy (non-hydrogen) atoms. The molecule has 6 rings (SSSR count). The average Bonchev–Trinajstić information content (AvgIpc) is 3.35. The number of phenolic OH excluding ortho intramolecular Hbond substituents is 2. The normalized spacial score (nSPS) is 14.0. The van der Waals surface area contributed by atoms with Crippen molar-refractivity contribution in [1.82, 2.24) is 0 Å². The molecule has 0 aromatic heterocycles. The molecule has 4 aromatic rings. The third-order valence-electron chi connectivity index (χ3n) is 7.63. The van der Waals surface area contributed by atoms with E-state index in [-0.39, 0.29) is 35.6 Å². The fourth-order valence-electron chi connectivity index (χ4n) is 4.97. The van der Waals surface area contributed by atoms with Crippen LogP contribution in [0, 0.1) is 0 Å². The number of hydrogen-bond donors (Lipinski definition) is 3. The second-order valence-corrected chi connectivity index (χ2v) is 11.3. The minimum atomic E-state index is -0.0655. The molecule has 2 unspecified atom stereocenters. The van der Waals surface area contributed by atoms with Crippen LogP contribution in [0.1, 0.15) is 140 Å². The maximum Gasteiger partial charge on any atom is 0.170 e. The van der Waals surface area contributed by atoms with E-state index in [4.69, 9.17) is 24.1 Å². The Morgan fingerprint density at radius 1 is 0.483 bits per heavy atom. The van der Waals surface area contributed by atoms with Crippen LogP contribution in [0.2, 0.25) is 0 Å². The van der Waals surface area contributed by atoms with Gasteiger partial charge in [0.25, 0.3) is 0 Å². The van der Waals surface area contributed by atoms with Gasteiger partial charge in [-0.15, -0.1) is 0 Å². The number of hydrogen-bond acceptors (Lipinski definition) is 9. The van der Waals surface area contributed by atoms with Gasteiger partial charge in [-0.2, -0.15) is 0 Å².